The SMILES string of the molecule is CCCCCCCCCCCCCCC(CC)CC. The fourth-order valence-corrected chi connectivity index (χ4v) is 2.97. The molecule has 0 unspecified atom stereocenters. The van der Waals surface area contributed by atoms with Gasteiger partial charge in [0.25, 0.3) is 0 Å². The maximum Gasteiger partial charge on any atom is -0.0420 e. The van der Waals surface area contributed by atoms with E-state index in [4.69, 9.17) is 0 Å². The minimum atomic E-state index is 1.00. The minimum absolute atomic E-state index is 1.00. The van der Waals surface area contributed by atoms with Crippen molar-refractivity contribution in [1.29, 1.82) is 0 Å². The first-order valence-corrected chi connectivity index (χ1v) is 9.35. The van der Waals surface area contributed by atoms with E-state index < -0.39 is 0 Å². The fourth-order valence-electron chi connectivity index (χ4n) is 2.97. The highest BCUT2D eigenvalue weighted by Crippen LogP contribution is 2.18. The van der Waals surface area contributed by atoms with Gasteiger partial charge in [0, 0.05) is 0 Å². The fraction of sp³-hybridized carbons (Fsp3) is 1.00. The van der Waals surface area contributed by atoms with Crippen molar-refractivity contribution >= 4 is 0 Å². The van der Waals surface area contributed by atoms with Gasteiger partial charge in [0.1, 0.15) is 0 Å². The maximum atomic E-state index is 2.34. The van der Waals surface area contributed by atoms with Crippen LogP contribution in [0.5, 0.6) is 0 Å². The summed E-state index contributed by atoms with van der Waals surface area (Å²) in [7, 11) is 0. The van der Waals surface area contributed by atoms with Gasteiger partial charge >= 0.3 is 0 Å². The van der Waals surface area contributed by atoms with Crippen LogP contribution in [0.2, 0.25) is 0 Å². The average molecular weight is 269 g/mol. The van der Waals surface area contributed by atoms with Crippen LogP contribution in [0.25, 0.3) is 0 Å². The van der Waals surface area contributed by atoms with Crippen molar-refractivity contribution in [2.45, 2.75) is 117 Å². The summed E-state index contributed by atoms with van der Waals surface area (Å²) < 4.78 is 0. The molecule has 0 nitrogen and oxygen atoms in total. The van der Waals surface area contributed by atoms with Crippen LogP contribution in [-0.4, -0.2) is 0 Å². The molecule has 0 bridgehead atoms. The smallest absolute Gasteiger partial charge is 0.0420 e. The summed E-state index contributed by atoms with van der Waals surface area (Å²) in [5.74, 6) is 1.00. The first-order valence-electron chi connectivity index (χ1n) is 9.35. The lowest BCUT2D eigenvalue weighted by atomic mass is 9.95. The van der Waals surface area contributed by atoms with Gasteiger partial charge in [-0.15, -0.1) is 0 Å². The molecule has 0 aliphatic carbocycles. The molecular weight excluding hydrogens is 228 g/mol. The zero-order valence-electron chi connectivity index (χ0n) is 14.2. The first kappa shape index (κ1) is 19.0. The van der Waals surface area contributed by atoms with Crippen LogP contribution in [0.3, 0.4) is 0 Å². The zero-order chi connectivity index (χ0) is 14.2. The lowest BCUT2D eigenvalue weighted by Gasteiger charge is -2.11. The Labute approximate surface area is 123 Å². The molecule has 0 saturated carbocycles. The largest absolute Gasteiger partial charge is 0.0654 e. The van der Waals surface area contributed by atoms with Gasteiger partial charge in [0.2, 0.25) is 0 Å². The summed E-state index contributed by atoms with van der Waals surface area (Å²) in [6, 6.07) is 0. The average Bonchev–Trinajstić information content (AvgIpc) is 2.44. The Kier molecular flexibility index (Phi) is 16.1. The second kappa shape index (κ2) is 16.1. The molecule has 0 aromatic rings. The summed E-state index contributed by atoms with van der Waals surface area (Å²) in [5.41, 5.74) is 0. The molecule has 0 amide bonds. The van der Waals surface area contributed by atoms with Gasteiger partial charge in [0.15, 0.2) is 0 Å². The normalized spacial score (nSPS) is 11.4. The Bertz CT molecular complexity index is 146. The molecule has 0 spiro atoms. The quantitative estimate of drug-likeness (QED) is 0.269. The summed E-state index contributed by atoms with van der Waals surface area (Å²) in [6.07, 6.45) is 21.9. The number of hydrogen-bond acceptors (Lipinski definition) is 0. The molecule has 19 heavy (non-hydrogen) atoms. The van der Waals surface area contributed by atoms with Crippen molar-refractivity contribution in [2.24, 2.45) is 5.92 Å². The van der Waals surface area contributed by atoms with Crippen LogP contribution in [-0.2, 0) is 0 Å². The molecule has 0 heterocycles. The molecule has 0 rings (SSSR count). The predicted octanol–water partition coefficient (Wildman–Crippen LogP) is 7.51. The molecule has 0 radical (unpaired) electrons. The third-order valence-electron chi connectivity index (χ3n) is 4.62. The van der Waals surface area contributed by atoms with Crippen LogP contribution >= 0.6 is 0 Å². The molecule has 0 fully saturated rings. The van der Waals surface area contributed by atoms with E-state index in [1.807, 2.05) is 0 Å². The predicted molar refractivity (Wildman–Crippen MR) is 89.8 cm³/mol. The third-order valence-corrected chi connectivity index (χ3v) is 4.62. The standard InChI is InChI=1S/C19H40/c1-4-7-8-9-10-11-12-13-14-15-16-17-18-19(5-2)6-3/h19H,4-18H2,1-3H3. The van der Waals surface area contributed by atoms with E-state index in [0.29, 0.717) is 0 Å². The lowest BCUT2D eigenvalue weighted by Crippen LogP contribution is -1.96. The molecule has 0 aromatic heterocycles. The van der Waals surface area contributed by atoms with Crippen LogP contribution in [0.4, 0.5) is 0 Å². The number of rotatable bonds is 15. The van der Waals surface area contributed by atoms with Crippen molar-refractivity contribution in [3.63, 3.8) is 0 Å². The van der Waals surface area contributed by atoms with E-state index in [1.165, 1.54) is 96.3 Å². The Morgan fingerprint density at radius 1 is 0.474 bits per heavy atom. The van der Waals surface area contributed by atoms with E-state index in [0.717, 1.165) is 5.92 Å². The minimum Gasteiger partial charge on any atom is -0.0654 e. The van der Waals surface area contributed by atoms with Crippen molar-refractivity contribution in [2.75, 3.05) is 0 Å². The van der Waals surface area contributed by atoms with Gasteiger partial charge in [-0.2, -0.15) is 0 Å². The van der Waals surface area contributed by atoms with Crippen molar-refractivity contribution in [1.82, 2.24) is 0 Å². The molecular formula is C19H40. The Morgan fingerprint density at radius 3 is 1.21 bits per heavy atom. The van der Waals surface area contributed by atoms with Crippen LogP contribution in [0.1, 0.15) is 117 Å². The van der Waals surface area contributed by atoms with Gasteiger partial charge in [-0.3, -0.25) is 0 Å². The maximum absolute atomic E-state index is 2.34. The summed E-state index contributed by atoms with van der Waals surface area (Å²) in [5, 5.41) is 0. The molecule has 0 saturated heterocycles. The van der Waals surface area contributed by atoms with Crippen molar-refractivity contribution in [3.8, 4) is 0 Å². The highest BCUT2D eigenvalue weighted by molar-refractivity contribution is 4.55. The van der Waals surface area contributed by atoms with Crippen LogP contribution < -0.4 is 0 Å². The second-order valence-corrected chi connectivity index (χ2v) is 6.36. The van der Waals surface area contributed by atoms with E-state index in [-0.39, 0.29) is 0 Å². The molecule has 116 valence electrons. The van der Waals surface area contributed by atoms with E-state index >= 15 is 0 Å². The Morgan fingerprint density at radius 2 is 0.842 bits per heavy atom. The topological polar surface area (TPSA) is 0 Å². The molecule has 0 aliphatic heterocycles. The molecule has 0 atom stereocenters. The van der Waals surface area contributed by atoms with Crippen LogP contribution in [0, 0.1) is 5.92 Å². The van der Waals surface area contributed by atoms with Gasteiger partial charge in [0.05, 0.1) is 0 Å². The monoisotopic (exact) mass is 268 g/mol. The second-order valence-electron chi connectivity index (χ2n) is 6.36. The number of hydrogen-bond donors (Lipinski definition) is 0. The lowest BCUT2D eigenvalue weighted by molar-refractivity contribution is 0.426. The zero-order valence-corrected chi connectivity index (χ0v) is 14.2. The highest BCUT2D eigenvalue weighted by Gasteiger charge is 2.02. The van der Waals surface area contributed by atoms with E-state index in [2.05, 4.69) is 20.8 Å². The summed E-state index contributed by atoms with van der Waals surface area (Å²) in [6.45, 7) is 6.98. The van der Waals surface area contributed by atoms with Crippen LogP contribution in [0.15, 0.2) is 0 Å². The van der Waals surface area contributed by atoms with Gasteiger partial charge < -0.3 is 0 Å². The summed E-state index contributed by atoms with van der Waals surface area (Å²) >= 11 is 0. The molecule has 0 N–H and O–H groups in total. The van der Waals surface area contributed by atoms with Gasteiger partial charge in [-0.05, 0) is 5.92 Å². The number of unbranched alkanes of at least 4 members (excludes halogenated alkanes) is 11. The highest BCUT2D eigenvalue weighted by atomic mass is 14.1. The molecule has 0 aromatic carbocycles. The van der Waals surface area contributed by atoms with E-state index in [1.54, 1.807) is 0 Å². The Hall–Kier alpha value is 0. The van der Waals surface area contributed by atoms with Crippen molar-refractivity contribution < 1.29 is 0 Å². The van der Waals surface area contributed by atoms with Crippen molar-refractivity contribution in [3.05, 3.63) is 0 Å². The van der Waals surface area contributed by atoms with Gasteiger partial charge in [-0.25, -0.2) is 0 Å². The molecule has 0 aliphatic rings. The van der Waals surface area contributed by atoms with Gasteiger partial charge in [-0.1, -0.05) is 117 Å². The summed E-state index contributed by atoms with van der Waals surface area (Å²) in [4.78, 5) is 0. The first-order chi connectivity index (χ1) is 9.35. The molecule has 0 heteroatoms. The van der Waals surface area contributed by atoms with E-state index in [9.17, 15) is 0 Å². The third kappa shape index (κ3) is 14.2. The Balaban J connectivity index is 3.02.